The largest absolute Gasteiger partial charge is 0.497 e. The zero-order valence-electron chi connectivity index (χ0n) is 19.3. The van der Waals surface area contributed by atoms with Crippen LogP contribution in [0.2, 0.25) is 0 Å². The second-order valence-electron chi connectivity index (χ2n) is 7.83. The topological polar surface area (TPSA) is 58.9 Å². The maximum absolute atomic E-state index is 12.8. The van der Waals surface area contributed by atoms with E-state index in [9.17, 15) is 4.79 Å². The molecule has 0 saturated carbocycles. The summed E-state index contributed by atoms with van der Waals surface area (Å²) in [4.78, 5) is 13.9. The third-order valence-electron chi connectivity index (χ3n) is 5.89. The van der Waals surface area contributed by atoms with Crippen molar-refractivity contribution in [1.29, 1.82) is 0 Å². The second-order valence-corrected chi connectivity index (χ2v) is 8.78. The van der Waals surface area contributed by atoms with Crippen molar-refractivity contribution in [2.75, 3.05) is 20.8 Å². The molecule has 0 spiro atoms. The highest BCUT2D eigenvalue weighted by molar-refractivity contribution is 7.13. The summed E-state index contributed by atoms with van der Waals surface area (Å²) in [6, 6.07) is 17.5. The first-order chi connectivity index (χ1) is 16.6. The minimum atomic E-state index is -0.309. The molecule has 0 aliphatic carbocycles. The van der Waals surface area contributed by atoms with Crippen molar-refractivity contribution in [3.05, 3.63) is 71.2 Å². The van der Waals surface area contributed by atoms with Gasteiger partial charge in [0.2, 0.25) is 0 Å². The number of benzene rings is 2. The number of carbonyl (C=O) groups is 1. The number of esters is 1. The third-order valence-corrected chi connectivity index (χ3v) is 6.79. The molecule has 34 heavy (non-hydrogen) atoms. The van der Waals surface area contributed by atoms with E-state index < -0.39 is 0 Å². The van der Waals surface area contributed by atoms with Gasteiger partial charge in [0, 0.05) is 28.6 Å². The lowest BCUT2D eigenvalue weighted by atomic mass is 9.95. The Balaban J connectivity index is 1.66. The Kier molecular flexibility index (Phi) is 6.02. The van der Waals surface area contributed by atoms with Gasteiger partial charge in [-0.05, 0) is 60.7 Å². The Morgan fingerprint density at radius 3 is 2.56 bits per heavy atom. The van der Waals surface area contributed by atoms with Crippen LogP contribution in [0, 0.1) is 0 Å². The zero-order valence-corrected chi connectivity index (χ0v) is 20.1. The van der Waals surface area contributed by atoms with E-state index in [2.05, 4.69) is 10.6 Å². The molecule has 2 aromatic heterocycles. The molecule has 6 nitrogen and oxygen atoms in total. The molecule has 4 aromatic rings. The van der Waals surface area contributed by atoms with E-state index >= 15 is 0 Å². The third kappa shape index (κ3) is 3.92. The highest BCUT2D eigenvalue weighted by atomic mass is 32.1. The number of ether oxygens (including phenoxy) is 4. The van der Waals surface area contributed by atoms with Crippen LogP contribution in [0.5, 0.6) is 23.0 Å². The fraction of sp³-hybridized carbons (Fsp3) is 0.222. The molecule has 0 bridgehead atoms. The number of aryl methyl sites for hydroxylation is 1. The monoisotopic (exact) mass is 475 g/mol. The number of hydrogen-bond acceptors (Lipinski definition) is 6. The van der Waals surface area contributed by atoms with Crippen molar-refractivity contribution in [2.24, 2.45) is 0 Å². The standard InChI is InChI=1S/C27H25NO5S/c1-4-32-27(29)22-15-21(25-9-6-12-34-25)26-20-16-24(33-19-8-5-7-18(14-19)30-2)23(31-3)13-17(20)10-11-28(22)26/h5-9,12-16H,4,10-11H2,1-3H3. The van der Waals surface area contributed by atoms with Crippen LogP contribution in [0.25, 0.3) is 21.7 Å². The summed E-state index contributed by atoms with van der Waals surface area (Å²) in [5.74, 6) is 2.30. The summed E-state index contributed by atoms with van der Waals surface area (Å²) in [6.45, 7) is 2.84. The molecule has 1 aliphatic rings. The summed E-state index contributed by atoms with van der Waals surface area (Å²) in [5, 5.41) is 2.04. The van der Waals surface area contributed by atoms with Crippen LogP contribution in [0.3, 0.4) is 0 Å². The van der Waals surface area contributed by atoms with Crippen LogP contribution in [0.15, 0.2) is 60.0 Å². The molecule has 0 radical (unpaired) electrons. The summed E-state index contributed by atoms with van der Waals surface area (Å²) in [7, 11) is 3.27. The highest BCUT2D eigenvalue weighted by Gasteiger charge is 2.29. The lowest BCUT2D eigenvalue weighted by Crippen LogP contribution is -2.17. The fourth-order valence-corrected chi connectivity index (χ4v) is 5.10. The van der Waals surface area contributed by atoms with Crippen molar-refractivity contribution in [3.8, 4) is 44.7 Å². The number of methoxy groups -OCH3 is 2. The van der Waals surface area contributed by atoms with Gasteiger partial charge in [0.15, 0.2) is 11.5 Å². The van der Waals surface area contributed by atoms with E-state index in [4.69, 9.17) is 18.9 Å². The normalized spacial score (nSPS) is 12.0. The highest BCUT2D eigenvalue weighted by Crippen LogP contribution is 2.46. The average molecular weight is 476 g/mol. The van der Waals surface area contributed by atoms with Gasteiger partial charge >= 0.3 is 5.97 Å². The number of fused-ring (bicyclic) bond motifs is 3. The van der Waals surface area contributed by atoms with Crippen LogP contribution in [-0.2, 0) is 17.7 Å². The van der Waals surface area contributed by atoms with Gasteiger partial charge in [0.25, 0.3) is 0 Å². The van der Waals surface area contributed by atoms with Gasteiger partial charge in [0.1, 0.15) is 17.2 Å². The maximum atomic E-state index is 12.8. The van der Waals surface area contributed by atoms with E-state index in [1.165, 1.54) is 0 Å². The Labute approximate surface area is 202 Å². The van der Waals surface area contributed by atoms with Crippen LogP contribution in [0.1, 0.15) is 23.0 Å². The number of aromatic nitrogens is 1. The molecule has 174 valence electrons. The number of rotatable bonds is 7. The average Bonchev–Trinajstić information content (AvgIpc) is 3.52. The van der Waals surface area contributed by atoms with Crippen molar-refractivity contribution < 1.29 is 23.7 Å². The minimum Gasteiger partial charge on any atom is -0.497 e. The van der Waals surface area contributed by atoms with Gasteiger partial charge in [-0.25, -0.2) is 4.79 Å². The molecule has 0 unspecified atom stereocenters. The Bertz CT molecular complexity index is 1340. The first kappa shape index (κ1) is 22.1. The van der Waals surface area contributed by atoms with E-state index in [1.54, 1.807) is 25.6 Å². The smallest absolute Gasteiger partial charge is 0.354 e. The molecule has 3 heterocycles. The summed E-state index contributed by atoms with van der Waals surface area (Å²) in [5.41, 5.74) is 4.73. The summed E-state index contributed by atoms with van der Waals surface area (Å²) >= 11 is 1.65. The molecular formula is C27H25NO5S. The Morgan fingerprint density at radius 1 is 0.971 bits per heavy atom. The molecule has 2 aromatic carbocycles. The summed E-state index contributed by atoms with van der Waals surface area (Å²) in [6.07, 6.45) is 0.767. The molecule has 0 fully saturated rings. The van der Waals surface area contributed by atoms with Gasteiger partial charge in [-0.2, -0.15) is 0 Å². The van der Waals surface area contributed by atoms with Gasteiger partial charge in [-0.15, -0.1) is 11.3 Å². The maximum Gasteiger partial charge on any atom is 0.354 e. The SMILES string of the molecule is CCOC(=O)c1cc(-c2cccs2)c2n1CCc1cc(OC)c(Oc3cccc(OC)c3)cc1-2. The van der Waals surface area contributed by atoms with Crippen LogP contribution in [-0.4, -0.2) is 31.4 Å². The van der Waals surface area contributed by atoms with Crippen LogP contribution in [0.4, 0.5) is 0 Å². The molecule has 0 N–H and O–H groups in total. The molecule has 5 rings (SSSR count). The van der Waals surface area contributed by atoms with E-state index in [0.29, 0.717) is 41.8 Å². The van der Waals surface area contributed by atoms with E-state index in [1.807, 2.05) is 60.8 Å². The predicted molar refractivity (Wildman–Crippen MR) is 132 cm³/mol. The Hall–Kier alpha value is -3.71. The van der Waals surface area contributed by atoms with Crippen molar-refractivity contribution in [3.63, 3.8) is 0 Å². The quantitative estimate of drug-likeness (QED) is 0.289. The van der Waals surface area contributed by atoms with Crippen molar-refractivity contribution in [2.45, 2.75) is 19.9 Å². The van der Waals surface area contributed by atoms with Crippen molar-refractivity contribution in [1.82, 2.24) is 4.57 Å². The molecule has 0 saturated heterocycles. The fourth-order valence-electron chi connectivity index (χ4n) is 4.36. The second kappa shape index (κ2) is 9.27. The van der Waals surface area contributed by atoms with E-state index in [-0.39, 0.29) is 5.97 Å². The molecule has 7 heteroatoms. The predicted octanol–water partition coefficient (Wildman–Crippen LogP) is 6.43. The van der Waals surface area contributed by atoms with Crippen LogP contribution >= 0.6 is 11.3 Å². The van der Waals surface area contributed by atoms with Gasteiger partial charge < -0.3 is 23.5 Å². The van der Waals surface area contributed by atoms with Gasteiger partial charge in [-0.1, -0.05) is 12.1 Å². The molecule has 0 amide bonds. The lowest BCUT2D eigenvalue weighted by molar-refractivity contribution is 0.0514. The van der Waals surface area contributed by atoms with Gasteiger partial charge in [0.05, 0.1) is 26.5 Å². The molecule has 0 atom stereocenters. The molecule has 1 aliphatic heterocycles. The number of thiophene rings is 1. The van der Waals surface area contributed by atoms with Crippen molar-refractivity contribution >= 4 is 17.3 Å². The molecular weight excluding hydrogens is 450 g/mol. The number of nitrogens with zero attached hydrogens (tertiary/aromatic N) is 1. The van der Waals surface area contributed by atoms with E-state index in [0.717, 1.165) is 33.7 Å². The first-order valence-corrected chi connectivity index (χ1v) is 12.0. The lowest BCUT2D eigenvalue weighted by Gasteiger charge is -2.24. The van der Waals surface area contributed by atoms with Crippen LogP contribution < -0.4 is 14.2 Å². The number of hydrogen-bond donors (Lipinski definition) is 0. The zero-order chi connectivity index (χ0) is 23.7. The Morgan fingerprint density at radius 2 is 1.82 bits per heavy atom. The first-order valence-electron chi connectivity index (χ1n) is 11.1. The number of carbonyl (C=O) groups excluding carboxylic acids is 1. The minimum absolute atomic E-state index is 0.309. The van der Waals surface area contributed by atoms with Gasteiger partial charge in [-0.3, -0.25) is 0 Å². The summed E-state index contributed by atoms with van der Waals surface area (Å²) < 4.78 is 24.7.